The summed E-state index contributed by atoms with van der Waals surface area (Å²) in [6, 6.07) is 11.2. The number of fused-ring (bicyclic) bond motifs is 1. The van der Waals surface area contributed by atoms with Crippen molar-refractivity contribution in [3.8, 4) is 17.1 Å². The summed E-state index contributed by atoms with van der Waals surface area (Å²) >= 11 is 0. The van der Waals surface area contributed by atoms with Gasteiger partial charge in [0.2, 0.25) is 5.82 Å². The number of hydrogen-bond donors (Lipinski definition) is 0. The molecule has 0 unspecified atom stereocenters. The van der Waals surface area contributed by atoms with E-state index in [4.69, 9.17) is 13.7 Å². The molecule has 4 rings (SSSR count). The Labute approximate surface area is 167 Å². The Kier molecular flexibility index (Phi) is 5.03. The minimum Gasteiger partial charge on any atom is -0.484 e. The van der Waals surface area contributed by atoms with Gasteiger partial charge in [-0.15, -0.1) is 0 Å². The van der Waals surface area contributed by atoms with Gasteiger partial charge < -0.3 is 13.7 Å². The molecule has 154 valence electrons. The average molecular weight is 416 g/mol. The molecule has 0 aliphatic carbocycles. The zero-order valence-electron chi connectivity index (χ0n) is 15.7. The lowest BCUT2D eigenvalue weighted by Gasteiger charge is -2.07. The number of benzene rings is 2. The minimum absolute atomic E-state index is 0.0248. The number of hydrogen-bond acceptors (Lipinski definition) is 6. The summed E-state index contributed by atoms with van der Waals surface area (Å²) in [5.41, 5.74) is 0.202. The normalized spacial score (nSPS) is 11.7. The van der Waals surface area contributed by atoms with Gasteiger partial charge in [0, 0.05) is 23.1 Å². The Balaban J connectivity index is 1.52. The Hall–Kier alpha value is -3.62. The predicted octanol–water partition coefficient (Wildman–Crippen LogP) is 5.00. The maximum absolute atomic E-state index is 12.9. The van der Waals surface area contributed by atoms with Crippen LogP contribution in [-0.4, -0.2) is 10.1 Å². The fourth-order valence-electron chi connectivity index (χ4n) is 3.00. The molecule has 9 heteroatoms. The molecule has 2 aromatic heterocycles. The van der Waals surface area contributed by atoms with Gasteiger partial charge in [-0.25, -0.2) is 4.79 Å². The highest BCUT2D eigenvalue weighted by Gasteiger charge is 2.30. The van der Waals surface area contributed by atoms with Crippen LogP contribution in [0.4, 0.5) is 13.2 Å². The molecule has 0 fully saturated rings. The Bertz CT molecular complexity index is 1260. The highest BCUT2D eigenvalue weighted by Crippen LogP contribution is 2.31. The zero-order chi connectivity index (χ0) is 21.3. The van der Waals surface area contributed by atoms with E-state index in [1.54, 1.807) is 18.2 Å². The van der Waals surface area contributed by atoms with Crippen LogP contribution in [0.25, 0.3) is 22.4 Å². The molecule has 0 aliphatic rings. The van der Waals surface area contributed by atoms with Crippen molar-refractivity contribution in [2.45, 2.75) is 26.1 Å². The highest BCUT2D eigenvalue weighted by molar-refractivity contribution is 5.81. The maximum atomic E-state index is 12.9. The molecular formula is C21H15F3N2O4. The second-order valence-corrected chi connectivity index (χ2v) is 6.48. The van der Waals surface area contributed by atoms with E-state index in [1.165, 1.54) is 18.2 Å². The van der Waals surface area contributed by atoms with Crippen molar-refractivity contribution in [1.82, 2.24) is 10.1 Å². The quantitative estimate of drug-likeness (QED) is 0.426. The van der Waals surface area contributed by atoms with E-state index < -0.39 is 17.4 Å². The number of aromatic nitrogens is 2. The molecule has 0 N–H and O–H groups in total. The maximum Gasteiger partial charge on any atom is 0.416 e. The van der Waals surface area contributed by atoms with Gasteiger partial charge in [-0.3, -0.25) is 0 Å². The van der Waals surface area contributed by atoms with E-state index in [-0.39, 0.29) is 23.9 Å². The predicted molar refractivity (Wildman–Crippen MR) is 101 cm³/mol. The summed E-state index contributed by atoms with van der Waals surface area (Å²) in [4.78, 5) is 15.7. The molecule has 30 heavy (non-hydrogen) atoms. The molecule has 0 amide bonds. The summed E-state index contributed by atoms with van der Waals surface area (Å²) in [5, 5.41) is 4.53. The number of ether oxygens (including phenoxy) is 1. The Morgan fingerprint density at radius 2 is 1.93 bits per heavy atom. The van der Waals surface area contributed by atoms with Crippen molar-refractivity contribution < 1.29 is 26.8 Å². The second-order valence-electron chi connectivity index (χ2n) is 6.48. The molecule has 0 aliphatic heterocycles. The van der Waals surface area contributed by atoms with Crippen LogP contribution in [-0.2, 0) is 19.2 Å². The molecule has 0 saturated carbocycles. The SMILES string of the molecule is CCc1cc(=O)oc2cc(OCc3nc(-c4cccc(C(F)(F)F)c4)no3)ccc12. The first-order chi connectivity index (χ1) is 14.3. The van der Waals surface area contributed by atoms with Crippen LogP contribution >= 0.6 is 0 Å². The Morgan fingerprint density at radius 3 is 2.70 bits per heavy atom. The van der Waals surface area contributed by atoms with E-state index in [0.29, 0.717) is 17.8 Å². The molecule has 0 radical (unpaired) electrons. The first kappa shape index (κ1) is 19.7. The summed E-state index contributed by atoms with van der Waals surface area (Å²) < 4.78 is 54.5. The van der Waals surface area contributed by atoms with Gasteiger partial charge in [-0.1, -0.05) is 24.2 Å². The van der Waals surface area contributed by atoms with Crippen LogP contribution in [0.2, 0.25) is 0 Å². The Morgan fingerprint density at radius 1 is 1.10 bits per heavy atom. The van der Waals surface area contributed by atoms with Crippen molar-refractivity contribution >= 4 is 11.0 Å². The van der Waals surface area contributed by atoms with Crippen LogP contribution in [0.5, 0.6) is 5.75 Å². The number of nitrogens with zero attached hydrogens (tertiary/aromatic N) is 2. The fraction of sp³-hybridized carbons (Fsp3) is 0.190. The average Bonchev–Trinajstić information content (AvgIpc) is 3.20. The molecular weight excluding hydrogens is 401 g/mol. The molecule has 0 atom stereocenters. The van der Waals surface area contributed by atoms with E-state index in [9.17, 15) is 18.0 Å². The molecule has 0 saturated heterocycles. The summed E-state index contributed by atoms with van der Waals surface area (Å²) in [7, 11) is 0. The van der Waals surface area contributed by atoms with Gasteiger partial charge >= 0.3 is 11.8 Å². The summed E-state index contributed by atoms with van der Waals surface area (Å²) in [6.07, 6.45) is -3.78. The zero-order valence-corrected chi connectivity index (χ0v) is 15.7. The van der Waals surface area contributed by atoms with Crippen LogP contribution < -0.4 is 10.4 Å². The molecule has 2 aromatic carbocycles. The van der Waals surface area contributed by atoms with Gasteiger partial charge in [-0.2, -0.15) is 18.2 Å². The lowest BCUT2D eigenvalue weighted by Crippen LogP contribution is -2.04. The van der Waals surface area contributed by atoms with Crippen LogP contribution in [0.1, 0.15) is 23.9 Å². The van der Waals surface area contributed by atoms with Crippen molar-refractivity contribution in [2.24, 2.45) is 0 Å². The molecule has 4 aromatic rings. The van der Waals surface area contributed by atoms with Crippen molar-refractivity contribution in [2.75, 3.05) is 0 Å². The molecule has 2 heterocycles. The highest BCUT2D eigenvalue weighted by atomic mass is 19.4. The largest absolute Gasteiger partial charge is 0.484 e. The standard InChI is InChI=1S/C21H15F3N2O4/c1-2-12-9-19(27)29-17-10-15(6-7-16(12)17)28-11-18-25-20(26-30-18)13-4-3-5-14(8-13)21(22,23)24/h3-10H,2,11H2,1H3. The lowest BCUT2D eigenvalue weighted by molar-refractivity contribution is -0.137. The van der Waals surface area contributed by atoms with E-state index in [2.05, 4.69) is 10.1 Å². The van der Waals surface area contributed by atoms with Gasteiger partial charge in [0.15, 0.2) is 6.61 Å². The summed E-state index contributed by atoms with van der Waals surface area (Å²) in [6.45, 7) is 1.84. The third kappa shape index (κ3) is 4.05. The number of alkyl halides is 3. The minimum atomic E-state index is -4.46. The molecule has 6 nitrogen and oxygen atoms in total. The molecule has 0 spiro atoms. The lowest BCUT2D eigenvalue weighted by atomic mass is 10.1. The molecule has 0 bridgehead atoms. The first-order valence-corrected chi connectivity index (χ1v) is 9.03. The number of rotatable bonds is 5. The van der Waals surface area contributed by atoms with Gasteiger partial charge in [0.05, 0.1) is 5.56 Å². The first-order valence-electron chi connectivity index (χ1n) is 9.03. The van der Waals surface area contributed by atoms with Gasteiger partial charge in [0.1, 0.15) is 11.3 Å². The van der Waals surface area contributed by atoms with Crippen LogP contribution in [0.15, 0.2) is 62.3 Å². The third-order valence-corrected chi connectivity index (χ3v) is 4.46. The monoisotopic (exact) mass is 416 g/mol. The van der Waals surface area contributed by atoms with Crippen molar-refractivity contribution in [3.63, 3.8) is 0 Å². The van der Waals surface area contributed by atoms with Crippen LogP contribution in [0, 0.1) is 0 Å². The van der Waals surface area contributed by atoms with Crippen molar-refractivity contribution in [1.29, 1.82) is 0 Å². The second kappa shape index (κ2) is 7.66. The smallest absolute Gasteiger partial charge is 0.416 e. The topological polar surface area (TPSA) is 78.4 Å². The number of aryl methyl sites for hydroxylation is 1. The third-order valence-electron chi connectivity index (χ3n) is 4.46. The summed E-state index contributed by atoms with van der Waals surface area (Å²) in [5.74, 6) is 0.529. The van der Waals surface area contributed by atoms with E-state index in [1.807, 2.05) is 6.92 Å². The van der Waals surface area contributed by atoms with Gasteiger partial charge in [-0.05, 0) is 36.2 Å². The van der Waals surface area contributed by atoms with E-state index >= 15 is 0 Å². The van der Waals surface area contributed by atoms with Gasteiger partial charge in [0.25, 0.3) is 5.89 Å². The number of halogens is 3. The fourth-order valence-corrected chi connectivity index (χ4v) is 3.00. The van der Waals surface area contributed by atoms with E-state index in [0.717, 1.165) is 23.1 Å². The van der Waals surface area contributed by atoms with Crippen molar-refractivity contribution in [3.05, 3.63) is 76.0 Å². The van der Waals surface area contributed by atoms with Crippen LogP contribution in [0.3, 0.4) is 0 Å².